The Bertz CT molecular complexity index is 1850. The number of piperidine rings is 1. The maximum Gasteiger partial charge on any atom is 0.243 e. The largest absolute Gasteiger partial charge is 0.411 e. The van der Waals surface area contributed by atoms with Gasteiger partial charge in [0, 0.05) is 42.5 Å². The van der Waals surface area contributed by atoms with E-state index >= 15 is 0 Å². The molecule has 2 N–H and O–H groups in total. The van der Waals surface area contributed by atoms with Crippen LogP contribution in [0.5, 0.6) is 0 Å². The standard InChI is InChI=1S/C29H29N7O3S2/c1-19-8-10-24(11-9-19)41(38,39)35-14-4-7-23(18-35)31-28-30-13-12-25(32-28)27-26(33-29-36(27)15-16-40-29)22-6-3-5-21(17-22)20(2)34-37/h3,5-6,8-13,15-17,23,37H,4,7,14,18H2,1-2H3,(H,30,31,32)/b34-20-/t23-/m1/s1. The Kier molecular flexibility index (Phi) is 7.28. The van der Waals surface area contributed by atoms with E-state index in [2.05, 4.69) is 15.5 Å². The van der Waals surface area contributed by atoms with Crippen molar-refractivity contribution in [3.63, 3.8) is 0 Å². The molecule has 10 nitrogen and oxygen atoms in total. The van der Waals surface area contributed by atoms with Crippen LogP contribution < -0.4 is 5.32 Å². The van der Waals surface area contributed by atoms with Crippen LogP contribution in [0.2, 0.25) is 0 Å². The number of nitrogens with one attached hydrogen (secondary N) is 1. The maximum absolute atomic E-state index is 13.3. The van der Waals surface area contributed by atoms with Gasteiger partial charge >= 0.3 is 0 Å². The molecule has 0 saturated carbocycles. The number of aromatic nitrogens is 4. The lowest BCUT2D eigenvalue weighted by Gasteiger charge is -2.32. The minimum Gasteiger partial charge on any atom is -0.411 e. The second-order valence-corrected chi connectivity index (χ2v) is 12.9. The molecule has 1 atom stereocenters. The van der Waals surface area contributed by atoms with E-state index in [1.165, 1.54) is 15.6 Å². The van der Waals surface area contributed by atoms with Crippen LogP contribution in [0.15, 0.2) is 82.4 Å². The first kappa shape index (κ1) is 27.1. The third-order valence-corrected chi connectivity index (χ3v) is 9.88. The molecule has 0 unspecified atom stereocenters. The Labute approximate surface area is 242 Å². The summed E-state index contributed by atoms with van der Waals surface area (Å²) in [5, 5.41) is 18.0. The summed E-state index contributed by atoms with van der Waals surface area (Å²) in [6.07, 6.45) is 5.19. The summed E-state index contributed by atoms with van der Waals surface area (Å²) in [7, 11) is -3.60. The number of hydrogen-bond donors (Lipinski definition) is 2. The zero-order valence-corrected chi connectivity index (χ0v) is 24.2. The number of fused-ring (bicyclic) bond motifs is 1. The Morgan fingerprint density at radius 1 is 1.15 bits per heavy atom. The molecule has 41 heavy (non-hydrogen) atoms. The highest BCUT2D eigenvalue weighted by molar-refractivity contribution is 7.89. The molecule has 1 saturated heterocycles. The quantitative estimate of drug-likeness (QED) is 0.151. The highest BCUT2D eigenvalue weighted by Crippen LogP contribution is 2.34. The van der Waals surface area contributed by atoms with Crippen LogP contribution in [0, 0.1) is 6.92 Å². The predicted octanol–water partition coefficient (Wildman–Crippen LogP) is 5.29. The number of aryl methyl sites for hydroxylation is 1. The smallest absolute Gasteiger partial charge is 0.243 e. The summed E-state index contributed by atoms with van der Waals surface area (Å²) in [6, 6.07) is 16.4. The van der Waals surface area contributed by atoms with Crippen LogP contribution in [0.1, 0.15) is 30.9 Å². The van der Waals surface area contributed by atoms with Crippen LogP contribution in [-0.2, 0) is 10.0 Å². The number of nitrogens with zero attached hydrogens (tertiary/aromatic N) is 6. The van der Waals surface area contributed by atoms with Crippen LogP contribution in [0.25, 0.3) is 27.6 Å². The molecule has 0 bridgehead atoms. The first-order chi connectivity index (χ1) is 19.8. The van der Waals surface area contributed by atoms with Crippen molar-refractivity contribution in [2.75, 3.05) is 18.4 Å². The second kappa shape index (κ2) is 11.0. The van der Waals surface area contributed by atoms with E-state index in [0.29, 0.717) is 35.3 Å². The van der Waals surface area contributed by atoms with Crippen molar-refractivity contribution in [2.24, 2.45) is 5.16 Å². The van der Waals surface area contributed by atoms with Crippen LogP contribution >= 0.6 is 11.3 Å². The lowest BCUT2D eigenvalue weighted by molar-refractivity contribution is 0.319. The molecule has 0 spiro atoms. The lowest BCUT2D eigenvalue weighted by Crippen LogP contribution is -2.45. The van der Waals surface area contributed by atoms with E-state index in [9.17, 15) is 13.6 Å². The summed E-state index contributed by atoms with van der Waals surface area (Å²) < 4.78 is 30.1. The molecule has 210 valence electrons. The van der Waals surface area contributed by atoms with Gasteiger partial charge in [-0.25, -0.2) is 23.4 Å². The number of imidazole rings is 1. The van der Waals surface area contributed by atoms with Crippen LogP contribution in [0.4, 0.5) is 5.95 Å². The third kappa shape index (κ3) is 5.33. The Morgan fingerprint density at radius 2 is 1.98 bits per heavy atom. The van der Waals surface area contributed by atoms with E-state index in [4.69, 9.17) is 9.97 Å². The topological polar surface area (TPSA) is 125 Å². The van der Waals surface area contributed by atoms with Crippen molar-refractivity contribution in [3.8, 4) is 22.6 Å². The molecule has 5 aromatic rings. The third-order valence-electron chi connectivity index (χ3n) is 7.24. The van der Waals surface area contributed by atoms with Gasteiger partial charge in [0.05, 0.1) is 22.0 Å². The first-order valence-corrected chi connectivity index (χ1v) is 15.6. The molecule has 12 heteroatoms. The fourth-order valence-electron chi connectivity index (χ4n) is 5.06. The highest BCUT2D eigenvalue weighted by Gasteiger charge is 2.30. The zero-order chi connectivity index (χ0) is 28.6. The predicted molar refractivity (Wildman–Crippen MR) is 160 cm³/mol. The molecule has 6 rings (SSSR count). The van der Waals surface area contributed by atoms with Gasteiger partial charge in [0.2, 0.25) is 16.0 Å². The summed E-state index contributed by atoms with van der Waals surface area (Å²) in [5.74, 6) is 0.426. The van der Waals surface area contributed by atoms with Gasteiger partial charge in [0.15, 0.2) is 4.96 Å². The monoisotopic (exact) mass is 587 g/mol. The number of oxime groups is 1. The number of benzene rings is 2. The fourth-order valence-corrected chi connectivity index (χ4v) is 7.30. The van der Waals surface area contributed by atoms with Crippen molar-refractivity contribution in [1.82, 2.24) is 23.7 Å². The number of anilines is 1. The molecule has 4 heterocycles. The number of sulfonamides is 1. The van der Waals surface area contributed by atoms with Gasteiger partial charge in [0.1, 0.15) is 5.69 Å². The normalized spacial score (nSPS) is 16.7. The number of hydrogen-bond acceptors (Lipinski definition) is 9. The van der Waals surface area contributed by atoms with Gasteiger partial charge in [-0.3, -0.25) is 4.40 Å². The fraction of sp³-hybridized carbons (Fsp3) is 0.241. The highest BCUT2D eigenvalue weighted by atomic mass is 32.2. The van der Waals surface area contributed by atoms with Gasteiger partial charge in [-0.1, -0.05) is 41.1 Å². The number of rotatable bonds is 7. The molecule has 0 aliphatic carbocycles. The molecular formula is C29H29N7O3S2. The Balaban J connectivity index is 1.29. The summed E-state index contributed by atoms with van der Waals surface area (Å²) in [5.41, 5.74) is 5.43. The van der Waals surface area contributed by atoms with Gasteiger partial charge in [-0.05, 0) is 56.5 Å². The van der Waals surface area contributed by atoms with Crippen LogP contribution in [0.3, 0.4) is 0 Å². The van der Waals surface area contributed by atoms with Crippen molar-refractivity contribution >= 4 is 38.0 Å². The van der Waals surface area contributed by atoms with E-state index in [1.807, 2.05) is 65.4 Å². The van der Waals surface area contributed by atoms with Crippen molar-refractivity contribution in [1.29, 1.82) is 0 Å². The van der Waals surface area contributed by atoms with E-state index in [-0.39, 0.29) is 6.04 Å². The SMILES string of the molecule is C/C(=N/O)c1cccc(-c2nc3sccn3c2-c2ccnc(N[C@@H]3CCCN(S(=O)(=O)c4ccc(C)cc4)C3)n2)c1. The molecule has 1 aliphatic heterocycles. The van der Waals surface area contributed by atoms with Gasteiger partial charge in [-0.2, -0.15) is 4.31 Å². The van der Waals surface area contributed by atoms with E-state index in [0.717, 1.165) is 45.9 Å². The number of thiazole rings is 1. The van der Waals surface area contributed by atoms with E-state index in [1.54, 1.807) is 25.3 Å². The zero-order valence-electron chi connectivity index (χ0n) is 22.6. The lowest BCUT2D eigenvalue weighted by atomic mass is 10.0. The van der Waals surface area contributed by atoms with Gasteiger partial charge < -0.3 is 10.5 Å². The molecule has 0 radical (unpaired) electrons. The summed E-state index contributed by atoms with van der Waals surface area (Å²) >= 11 is 1.53. The molecule has 1 fully saturated rings. The van der Waals surface area contributed by atoms with Gasteiger partial charge in [-0.15, -0.1) is 11.3 Å². The van der Waals surface area contributed by atoms with Crippen molar-refractivity contribution in [3.05, 3.63) is 83.5 Å². The first-order valence-electron chi connectivity index (χ1n) is 13.3. The minimum atomic E-state index is -3.60. The summed E-state index contributed by atoms with van der Waals surface area (Å²) in [4.78, 5) is 15.3. The van der Waals surface area contributed by atoms with Crippen LogP contribution in [-0.4, -0.2) is 62.1 Å². The Morgan fingerprint density at radius 3 is 2.78 bits per heavy atom. The average Bonchev–Trinajstić information content (AvgIpc) is 3.59. The maximum atomic E-state index is 13.3. The molecule has 3 aromatic heterocycles. The minimum absolute atomic E-state index is 0.136. The van der Waals surface area contributed by atoms with E-state index < -0.39 is 10.0 Å². The van der Waals surface area contributed by atoms with Crippen molar-refractivity contribution < 1.29 is 13.6 Å². The molecule has 2 aromatic carbocycles. The van der Waals surface area contributed by atoms with Crippen molar-refractivity contribution in [2.45, 2.75) is 37.6 Å². The second-order valence-electron chi connectivity index (χ2n) is 10.1. The summed E-state index contributed by atoms with van der Waals surface area (Å²) in [6.45, 7) is 4.48. The van der Waals surface area contributed by atoms with Gasteiger partial charge in [0.25, 0.3) is 0 Å². The molecule has 0 amide bonds. The molecular weight excluding hydrogens is 558 g/mol. The Hall–Kier alpha value is -4.13. The average molecular weight is 588 g/mol. The molecule has 1 aliphatic rings.